The first-order valence-electron chi connectivity index (χ1n) is 32.1. The minimum Gasteiger partial charge on any atom is -0.462 e. The van der Waals surface area contributed by atoms with Crippen LogP contribution in [0.15, 0.2) is 85.1 Å². The minimum atomic E-state index is -0.803. The standard InChI is InChI=1S/C69H120O6/c1-4-7-10-13-16-19-22-25-28-31-33-34-36-38-41-44-47-50-53-56-59-62-68(71)74-65-66(64-73-67(70)61-58-55-52-49-46-43-40-37-30-27-24-21-18-15-12-9-6-3)75-69(72)63-60-57-54-51-48-45-42-39-35-32-29-26-23-20-17-14-11-8-5-2/h17-18,20-21,25-30,40,43,49,52,66H,4-16,19,22-24,31-39,41-42,44-48,50-51,53-65H2,1-3H3/b20-17-,21-18-,28-25-,29-26-,30-27-,43-40-,52-49-/t66-/m1/s1. The Morgan fingerprint density at radius 1 is 0.267 bits per heavy atom. The van der Waals surface area contributed by atoms with Crippen molar-refractivity contribution >= 4 is 17.9 Å². The molecule has 0 unspecified atom stereocenters. The van der Waals surface area contributed by atoms with Gasteiger partial charge in [0.15, 0.2) is 6.10 Å². The summed E-state index contributed by atoms with van der Waals surface area (Å²) >= 11 is 0. The number of ether oxygens (including phenoxy) is 3. The highest BCUT2D eigenvalue weighted by Gasteiger charge is 2.19. The van der Waals surface area contributed by atoms with Crippen molar-refractivity contribution in [3.63, 3.8) is 0 Å². The van der Waals surface area contributed by atoms with Gasteiger partial charge in [0, 0.05) is 19.3 Å². The molecule has 0 saturated heterocycles. The van der Waals surface area contributed by atoms with Crippen molar-refractivity contribution in [2.45, 2.75) is 322 Å². The third-order valence-corrected chi connectivity index (χ3v) is 13.8. The van der Waals surface area contributed by atoms with E-state index in [1.807, 2.05) is 0 Å². The van der Waals surface area contributed by atoms with Gasteiger partial charge in [0.2, 0.25) is 0 Å². The van der Waals surface area contributed by atoms with Crippen LogP contribution < -0.4 is 0 Å². The Labute approximate surface area is 465 Å². The van der Waals surface area contributed by atoms with E-state index in [2.05, 4.69) is 106 Å². The predicted octanol–water partition coefficient (Wildman–Crippen LogP) is 21.9. The summed E-state index contributed by atoms with van der Waals surface area (Å²) in [6.45, 7) is 6.57. The first-order valence-corrected chi connectivity index (χ1v) is 32.1. The average molecular weight is 1050 g/mol. The molecule has 75 heavy (non-hydrogen) atoms. The second-order valence-corrected chi connectivity index (χ2v) is 21.3. The number of carbonyl (C=O) groups excluding carboxylic acids is 3. The molecule has 1 atom stereocenters. The van der Waals surface area contributed by atoms with Gasteiger partial charge >= 0.3 is 17.9 Å². The Kier molecular flexibility index (Phi) is 60.3. The fourth-order valence-corrected chi connectivity index (χ4v) is 8.99. The third-order valence-electron chi connectivity index (χ3n) is 13.8. The van der Waals surface area contributed by atoms with Crippen LogP contribution in [0.4, 0.5) is 0 Å². The highest BCUT2D eigenvalue weighted by Crippen LogP contribution is 2.16. The highest BCUT2D eigenvalue weighted by atomic mass is 16.6. The predicted molar refractivity (Wildman–Crippen MR) is 325 cm³/mol. The summed E-state index contributed by atoms with van der Waals surface area (Å²) in [5.41, 5.74) is 0. The zero-order chi connectivity index (χ0) is 54.3. The van der Waals surface area contributed by atoms with Crippen LogP contribution in [0.2, 0.25) is 0 Å². The molecule has 0 heterocycles. The molecule has 432 valence electrons. The topological polar surface area (TPSA) is 78.9 Å². The Hall–Kier alpha value is -3.41. The molecule has 0 aliphatic carbocycles. The number of unbranched alkanes of at least 4 members (excludes halogenated alkanes) is 33. The van der Waals surface area contributed by atoms with Gasteiger partial charge in [-0.2, -0.15) is 0 Å². The quantitative estimate of drug-likeness (QED) is 0.0261. The number of hydrogen-bond acceptors (Lipinski definition) is 6. The maximum Gasteiger partial charge on any atom is 0.306 e. The first kappa shape index (κ1) is 71.6. The van der Waals surface area contributed by atoms with Gasteiger partial charge in [-0.3, -0.25) is 14.4 Å². The van der Waals surface area contributed by atoms with Crippen LogP contribution in [0.25, 0.3) is 0 Å². The molecule has 6 nitrogen and oxygen atoms in total. The smallest absolute Gasteiger partial charge is 0.306 e. The van der Waals surface area contributed by atoms with Crippen LogP contribution >= 0.6 is 0 Å². The Morgan fingerprint density at radius 2 is 0.493 bits per heavy atom. The third kappa shape index (κ3) is 61.3. The van der Waals surface area contributed by atoms with E-state index in [1.54, 1.807) is 0 Å². The van der Waals surface area contributed by atoms with Gasteiger partial charge in [-0.15, -0.1) is 0 Å². The van der Waals surface area contributed by atoms with Crippen LogP contribution in [-0.4, -0.2) is 37.2 Å². The van der Waals surface area contributed by atoms with Gasteiger partial charge in [-0.1, -0.05) is 266 Å². The molecule has 0 amide bonds. The molecule has 0 N–H and O–H groups in total. The van der Waals surface area contributed by atoms with E-state index < -0.39 is 6.10 Å². The fraction of sp³-hybridized carbons (Fsp3) is 0.754. The van der Waals surface area contributed by atoms with E-state index >= 15 is 0 Å². The molecule has 0 aromatic carbocycles. The Balaban J connectivity index is 4.43. The van der Waals surface area contributed by atoms with Gasteiger partial charge in [0.05, 0.1) is 0 Å². The van der Waals surface area contributed by atoms with Crippen molar-refractivity contribution < 1.29 is 28.6 Å². The van der Waals surface area contributed by atoms with Crippen LogP contribution in [0.5, 0.6) is 0 Å². The Bertz CT molecular complexity index is 1430. The van der Waals surface area contributed by atoms with Crippen molar-refractivity contribution in [1.29, 1.82) is 0 Å². The minimum absolute atomic E-state index is 0.0944. The zero-order valence-corrected chi connectivity index (χ0v) is 49.6. The van der Waals surface area contributed by atoms with Gasteiger partial charge in [-0.25, -0.2) is 0 Å². The number of carbonyl (C=O) groups is 3. The summed E-state index contributed by atoms with van der Waals surface area (Å²) < 4.78 is 16.9. The molecule has 0 aliphatic rings. The molecular formula is C69H120O6. The zero-order valence-electron chi connectivity index (χ0n) is 49.6. The van der Waals surface area contributed by atoms with E-state index in [0.29, 0.717) is 19.3 Å². The monoisotopic (exact) mass is 1040 g/mol. The molecule has 0 rings (SSSR count). The van der Waals surface area contributed by atoms with Crippen molar-refractivity contribution in [3.05, 3.63) is 85.1 Å². The van der Waals surface area contributed by atoms with Gasteiger partial charge in [0.1, 0.15) is 13.2 Å². The molecule has 0 bridgehead atoms. The summed E-state index contributed by atoms with van der Waals surface area (Å²) in [5, 5.41) is 0. The maximum absolute atomic E-state index is 12.9. The lowest BCUT2D eigenvalue weighted by Crippen LogP contribution is -2.30. The molecule has 0 aliphatic heterocycles. The summed E-state index contributed by atoms with van der Waals surface area (Å²) in [6.07, 6.45) is 83.0. The second-order valence-electron chi connectivity index (χ2n) is 21.3. The molecule has 0 saturated carbocycles. The van der Waals surface area contributed by atoms with Crippen molar-refractivity contribution in [1.82, 2.24) is 0 Å². The summed E-state index contributed by atoms with van der Waals surface area (Å²) in [7, 11) is 0. The lowest BCUT2D eigenvalue weighted by atomic mass is 10.0. The largest absolute Gasteiger partial charge is 0.462 e. The molecule has 0 spiro atoms. The number of hydrogen-bond donors (Lipinski definition) is 0. The maximum atomic E-state index is 12.9. The lowest BCUT2D eigenvalue weighted by Gasteiger charge is -2.18. The SMILES string of the molecule is CCCCC/C=C\C/C=C\C/C=C\C/C=C\CCCC(=O)OC[C@H](COC(=O)CCCCCCCCCCCCC/C=C\CCCCCCCC)OC(=O)CCCCCCCCCCC/C=C\C/C=C\CCCCC. The van der Waals surface area contributed by atoms with E-state index in [4.69, 9.17) is 14.2 Å². The molecule has 6 heteroatoms. The molecule has 0 fully saturated rings. The summed E-state index contributed by atoms with van der Waals surface area (Å²) in [6, 6.07) is 0. The van der Waals surface area contributed by atoms with Gasteiger partial charge < -0.3 is 14.2 Å². The average Bonchev–Trinajstić information content (AvgIpc) is 3.41. The van der Waals surface area contributed by atoms with Crippen molar-refractivity contribution in [3.8, 4) is 0 Å². The van der Waals surface area contributed by atoms with Crippen molar-refractivity contribution in [2.75, 3.05) is 13.2 Å². The van der Waals surface area contributed by atoms with Gasteiger partial charge in [0.25, 0.3) is 0 Å². The number of allylic oxidation sites excluding steroid dienone is 14. The lowest BCUT2D eigenvalue weighted by molar-refractivity contribution is -0.167. The number of esters is 3. The van der Waals surface area contributed by atoms with E-state index in [-0.39, 0.29) is 37.5 Å². The normalized spacial score (nSPS) is 12.6. The molecule has 0 aromatic rings. The van der Waals surface area contributed by atoms with E-state index in [0.717, 1.165) is 70.6 Å². The molecule has 0 aromatic heterocycles. The van der Waals surface area contributed by atoms with E-state index in [9.17, 15) is 14.4 Å². The second kappa shape index (κ2) is 63.1. The summed E-state index contributed by atoms with van der Waals surface area (Å²) in [5.74, 6) is -0.946. The number of rotatable bonds is 58. The van der Waals surface area contributed by atoms with Crippen LogP contribution in [0.3, 0.4) is 0 Å². The van der Waals surface area contributed by atoms with E-state index in [1.165, 1.54) is 199 Å². The van der Waals surface area contributed by atoms with Gasteiger partial charge in [-0.05, 0) is 116 Å². The van der Waals surface area contributed by atoms with Crippen LogP contribution in [-0.2, 0) is 28.6 Å². The Morgan fingerprint density at radius 3 is 0.840 bits per heavy atom. The summed E-state index contributed by atoms with van der Waals surface area (Å²) in [4.78, 5) is 38.3. The molecular weight excluding hydrogens is 925 g/mol. The molecule has 0 radical (unpaired) electrons. The fourth-order valence-electron chi connectivity index (χ4n) is 8.99. The van der Waals surface area contributed by atoms with Crippen LogP contribution in [0, 0.1) is 0 Å². The first-order chi connectivity index (χ1) is 37.0. The van der Waals surface area contributed by atoms with Crippen LogP contribution in [0.1, 0.15) is 316 Å². The van der Waals surface area contributed by atoms with Crippen molar-refractivity contribution in [2.24, 2.45) is 0 Å². The highest BCUT2D eigenvalue weighted by molar-refractivity contribution is 5.71.